The molecule has 130 valence electrons. The molecule has 1 aromatic rings. The van der Waals surface area contributed by atoms with E-state index in [2.05, 4.69) is 11.4 Å². The molecule has 1 fully saturated rings. The van der Waals surface area contributed by atoms with E-state index < -0.39 is 17.7 Å². The largest absolute Gasteiger partial charge is 0.459 e. The summed E-state index contributed by atoms with van der Waals surface area (Å²) in [6.45, 7) is 6.51. The molecule has 0 aliphatic carbocycles. The average Bonchev–Trinajstić information content (AvgIpc) is 3.02. The number of rotatable bonds is 3. The van der Waals surface area contributed by atoms with Gasteiger partial charge in [-0.2, -0.15) is 0 Å². The van der Waals surface area contributed by atoms with Crippen molar-refractivity contribution in [2.24, 2.45) is 5.92 Å². The third kappa shape index (κ3) is 3.84. The van der Waals surface area contributed by atoms with Crippen LogP contribution in [0.2, 0.25) is 0 Å². The van der Waals surface area contributed by atoms with Gasteiger partial charge in [-0.05, 0) is 38.3 Å². The second kappa shape index (κ2) is 6.65. The van der Waals surface area contributed by atoms with Crippen molar-refractivity contribution in [2.75, 3.05) is 6.54 Å². The molecule has 1 saturated heterocycles. The zero-order valence-electron chi connectivity index (χ0n) is 14.5. The predicted molar refractivity (Wildman–Crippen MR) is 89.5 cm³/mol. The Kier molecular flexibility index (Phi) is 4.74. The summed E-state index contributed by atoms with van der Waals surface area (Å²) in [4.78, 5) is 24.9. The second-order valence-corrected chi connectivity index (χ2v) is 7.60. The maximum absolute atomic E-state index is 12.7. The van der Waals surface area contributed by atoms with E-state index in [-0.39, 0.29) is 17.7 Å². The molecule has 1 aromatic carbocycles. The van der Waals surface area contributed by atoms with Crippen molar-refractivity contribution in [3.05, 3.63) is 35.4 Å². The van der Waals surface area contributed by atoms with Crippen molar-refractivity contribution >= 4 is 11.8 Å². The summed E-state index contributed by atoms with van der Waals surface area (Å²) in [5.74, 6) is -0.395. The van der Waals surface area contributed by atoms with Gasteiger partial charge in [0.2, 0.25) is 0 Å². The number of carbonyl (C=O) groups excluding carboxylic acids is 2. The Bertz CT molecular complexity index is 634. The van der Waals surface area contributed by atoms with E-state index in [4.69, 9.17) is 9.47 Å². The van der Waals surface area contributed by atoms with E-state index in [1.807, 2.05) is 39.0 Å². The Balaban J connectivity index is 1.58. The normalized spacial score (nSPS) is 26.7. The Morgan fingerprint density at radius 1 is 1.21 bits per heavy atom. The van der Waals surface area contributed by atoms with E-state index in [0.29, 0.717) is 26.0 Å². The van der Waals surface area contributed by atoms with Gasteiger partial charge in [-0.3, -0.25) is 9.59 Å². The maximum Gasteiger partial charge on any atom is 0.323 e. The summed E-state index contributed by atoms with van der Waals surface area (Å²) in [5.41, 5.74) is 1.81. The number of hydrogen-bond acceptors (Lipinski definition) is 5. The Labute approximate surface area is 142 Å². The van der Waals surface area contributed by atoms with Crippen molar-refractivity contribution in [2.45, 2.75) is 58.0 Å². The molecule has 3 atom stereocenters. The van der Waals surface area contributed by atoms with Gasteiger partial charge in [0.15, 0.2) is 5.78 Å². The van der Waals surface area contributed by atoms with Crippen molar-refractivity contribution in [3.63, 3.8) is 0 Å². The standard InChI is InChI=1S/C19H25NO4/c1-19(2,3)24-18(22)15-8-14(10-20-15)17(21)16-9-12-6-4-5-7-13(12)11-23-16/h4-7,14-16,20H,8-11H2,1-3H3/t14?,15-,16?/m0/s1. The van der Waals surface area contributed by atoms with Crippen LogP contribution < -0.4 is 5.32 Å². The minimum Gasteiger partial charge on any atom is -0.459 e. The quantitative estimate of drug-likeness (QED) is 0.859. The Morgan fingerprint density at radius 2 is 1.92 bits per heavy atom. The van der Waals surface area contributed by atoms with E-state index in [1.165, 1.54) is 5.56 Å². The molecule has 2 unspecified atom stereocenters. The number of ether oxygens (including phenoxy) is 2. The van der Waals surface area contributed by atoms with Crippen molar-refractivity contribution in [1.82, 2.24) is 5.32 Å². The van der Waals surface area contributed by atoms with Gasteiger partial charge in [0.25, 0.3) is 0 Å². The summed E-state index contributed by atoms with van der Waals surface area (Å²) in [6.07, 6.45) is 0.682. The van der Waals surface area contributed by atoms with Gasteiger partial charge in [0.1, 0.15) is 17.7 Å². The summed E-state index contributed by atoms with van der Waals surface area (Å²) in [7, 11) is 0. The molecule has 5 nitrogen and oxygen atoms in total. The summed E-state index contributed by atoms with van der Waals surface area (Å²) in [5, 5.41) is 3.12. The fourth-order valence-electron chi connectivity index (χ4n) is 3.30. The zero-order chi connectivity index (χ0) is 17.3. The third-order valence-corrected chi connectivity index (χ3v) is 4.51. The first-order valence-electron chi connectivity index (χ1n) is 8.52. The fraction of sp³-hybridized carbons (Fsp3) is 0.579. The summed E-state index contributed by atoms with van der Waals surface area (Å²) >= 11 is 0. The molecule has 0 amide bonds. The first-order valence-corrected chi connectivity index (χ1v) is 8.52. The Morgan fingerprint density at radius 3 is 2.62 bits per heavy atom. The van der Waals surface area contributed by atoms with Crippen molar-refractivity contribution in [1.29, 1.82) is 0 Å². The van der Waals surface area contributed by atoms with E-state index >= 15 is 0 Å². The molecule has 2 aliphatic rings. The number of hydrogen-bond donors (Lipinski definition) is 1. The topological polar surface area (TPSA) is 64.6 Å². The van der Waals surface area contributed by atoms with Gasteiger partial charge in [0.05, 0.1) is 6.61 Å². The minimum absolute atomic E-state index is 0.0862. The molecule has 3 rings (SSSR count). The van der Waals surface area contributed by atoms with Crippen LogP contribution in [-0.2, 0) is 32.1 Å². The van der Waals surface area contributed by atoms with E-state index in [9.17, 15) is 9.59 Å². The molecule has 0 spiro atoms. The van der Waals surface area contributed by atoms with Crippen LogP contribution >= 0.6 is 0 Å². The molecule has 2 heterocycles. The maximum atomic E-state index is 12.7. The third-order valence-electron chi connectivity index (χ3n) is 4.51. The molecule has 0 aromatic heterocycles. The van der Waals surface area contributed by atoms with Crippen LogP contribution in [0.5, 0.6) is 0 Å². The lowest BCUT2D eigenvalue weighted by Gasteiger charge is -2.26. The number of nitrogens with one attached hydrogen (secondary N) is 1. The van der Waals surface area contributed by atoms with Gasteiger partial charge >= 0.3 is 5.97 Å². The molecule has 2 aliphatic heterocycles. The van der Waals surface area contributed by atoms with Crippen LogP contribution in [0, 0.1) is 5.92 Å². The smallest absolute Gasteiger partial charge is 0.323 e. The number of Topliss-reactive ketones (excluding diaryl/α,β-unsaturated/α-hetero) is 1. The number of carbonyl (C=O) groups is 2. The van der Waals surface area contributed by atoms with E-state index in [0.717, 1.165) is 5.56 Å². The van der Waals surface area contributed by atoms with Crippen LogP contribution in [0.1, 0.15) is 38.3 Å². The SMILES string of the molecule is CC(C)(C)OC(=O)[C@@H]1CC(C(=O)C2Cc3ccccc3CO2)CN1. The first kappa shape index (κ1) is 17.1. The van der Waals surface area contributed by atoms with Crippen LogP contribution in [0.3, 0.4) is 0 Å². The van der Waals surface area contributed by atoms with Gasteiger partial charge in [-0.1, -0.05) is 24.3 Å². The molecule has 5 heteroatoms. The highest BCUT2D eigenvalue weighted by atomic mass is 16.6. The predicted octanol–water partition coefficient (Wildman–Crippen LogP) is 2.02. The van der Waals surface area contributed by atoms with Gasteiger partial charge in [0, 0.05) is 18.9 Å². The number of benzene rings is 1. The Hall–Kier alpha value is -1.72. The molecular weight excluding hydrogens is 306 g/mol. The number of fused-ring (bicyclic) bond motifs is 1. The fourth-order valence-corrected chi connectivity index (χ4v) is 3.30. The highest BCUT2D eigenvalue weighted by Crippen LogP contribution is 2.26. The molecule has 1 N–H and O–H groups in total. The number of esters is 1. The van der Waals surface area contributed by atoms with Gasteiger partial charge in [-0.15, -0.1) is 0 Å². The average molecular weight is 331 g/mol. The molecule has 0 radical (unpaired) electrons. The van der Waals surface area contributed by atoms with Crippen LogP contribution in [0.15, 0.2) is 24.3 Å². The second-order valence-electron chi connectivity index (χ2n) is 7.60. The van der Waals surface area contributed by atoms with Crippen LogP contribution in [-0.4, -0.2) is 36.0 Å². The minimum atomic E-state index is -0.517. The van der Waals surface area contributed by atoms with Crippen molar-refractivity contribution in [3.8, 4) is 0 Å². The molecule has 0 saturated carbocycles. The van der Waals surface area contributed by atoms with Crippen molar-refractivity contribution < 1.29 is 19.1 Å². The number of ketones is 1. The summed E-state index contributed by atoms with van der Waals surface area (Å²) < 4.78 is 11.2. The van der Waals surface area contributed by atoms with Crippen LogP contribution in [0.4, 0.5) is 0 Å². The lowest BCUT2D eigenvalue weighted by Crippen LogP contribution is -2.37. The monoisotopic (exact) mass is 331 g/mol. The lowest BCUT2D eigenvalue weighted by molar-refractivity contribution is -0.157. The van der Waals surface area contributed by atoms with Crippen LogP contribution in [0.25, 0.3) is 0 Å². The molecular formula is C19H25NO4. The highest BCUT2D eigenvalue weighted by Gasteiger charge is 2.39. The van der Waals surface area contributed by atoms with E-state index in [1.54, 1.807) is 0 Å². The highest BCUT2D eigenvalue weighted by molar-refractivity contribution is 5.88. The lowest BCUT2D eigenvalue weighted by atomic mass is 9.90. The summed E-state index contributed by atoms with van der Waals surface area (Å²) in [6, 6.07) is 7.65. The first-order chi connectivity index (χ1) is 11.3. The zero-order valence-corrected chi connectivity index (χ0v) is 14.5. The van der Waals surface area contributed by atoms with Gasteiger partial charge in [-0.25, -0.2) is 0 Å². The van der Waals surface area contributed by atoms with Gasteiger partial charge < -0.3 is 14.8 Å². The molecule has 24 heavy (non-hydrogen) atoms. The molecule has 0 bridgehead atoms.